The molecule has 0 bridgehead atoms. The molecule has 1 N–H and O–H groups in total. The van der Waals surface area contributed by atoms with Gasteiger partial charge < -0.3 is 5.32 Å². The van der Waals surface area contributed by atoms with Crippen LogP contribution in [0.1, 0.15) is 27.7 Å². The highest BCUT2D eigenvalue weighted by Crippen LogP contribution is 2.16. The third-order valence-corrected chi connectivity index (χ3v) is 4.14. The van der Waals surface area contributed by atoms with Gasteiger partial charge in [0.15, 0.2) is 0 Å². The fraction of sp³-hybridized carbons (Fsp3) is 0.562. The Bertz CT molecular complexity index is 385. The van der Waals surface area contributed by atoms with Gasteiger partial charge in [0.2, 0.25) is 5.91 Å². The van der Waals surface area contributed by atoms with Gasteiger partial charge in [0.25, 0.3) is 0 Å². The fourth-order valence-corrected chi connectivity index (χ4v) is 2.90. The maximum absolute atomic E-state index is 11.8. The van der Waals surface area contributed by atoms with E-state index in [1.54, 1.807) is 11.8 Å². The molecule has 0 heterocycles. The molecule has 0 radical (unpaired) electrons. The average Bonchev–Trinajstić information content (AvgIpc) is 2.41. The third kappa shape index (κ3) is 6.44. The molecular formula is C16H26N2OS. The van der Waals surface area contributed by atoms with E-state index < -0.39 is 0 Å². The number of carbonyl (C=O) groups excluding carboxylic acids is 1. The lowest BCUT2D eigenvalue weighted by Gasteiger charge is -2.30. The Balaban J connectivity index is 2.23. The normalized spacial score (nSPS) is 11.3. The largest absolute Gasteiger partial charge is 0.354 e. The number of rotatable bonds is 8. The van der Waals surface area contributed by atoms with Crippen molar-refractivity contribution in [2.75, 3.05) is 18.8 Å². The van der Waals surface area contributed by atoms with Crippen LogP contribution in [0.15, 0.2) is 35.2 Å². The summed E-state index contributed by atoms with van der Waals surface area (Å²) in [6.45, 7) is 10.4. The van der Waals surface area contributed by atoms with Crippen LogP contribution in [0.25, 0.3) is 0 Å². The van der Waals surface area contributed by atoms with Crippen LogP contribution < -0.4 is 5.32 Å². The first-order valence-electron chi connectivity index (χ1n) is 7.21. The van der Waals surface area contributed by atoms with Gasteiger partial charge in [-0.3, -0.25) is 9.69 Å². The quantitative estimate of drug-likeness (QED) is 0.748. The molecule has 0 atom stereocenters. The molecule has 1 rings (SSSR count). The molecule has 0 unspecified atom stereocenters. The molecule has 4 heteroatoms. The van der Waals surface area contributed by atoms with Gasteiger partial charge in [-0.25, -0.2) is 0 Å². The zero-order chi connectivity index (χ0) is 15.0. The van der Waals surface area contributed by atoms with E-state index in [1.807, 2.05) is 30.3 Å². The monoisotopic (exact) mass is 294 g/mol. The molecule has 0 aromatic heterocycles. The summed E-state index contributed by atoms with van der Waals surface area (Å²) in [6, 6.07) is 11.0. The Morgan fingerprint density at radius 2 is 1.75 bits per heavy atom. The molecule has 0 saturated heterocycles. The van der Waals surface area contributed by atoms with E-state index in [4.69, 9.17) is 0 Å². The molecule has 0 aliphatic carbocycles. The summed E-state index contributed by atoms with van der Waals surface area (Å²) in [7, 11) is 0. The number of carbonyl (C=O) groups is 1. The number of hydrogen-bond donors (Lipinski definition) is 1. The zero-order valence-electron chi connectivity index (χ0n) is 12.9. The van der Waals surface area contributed by atoms with Gasteiger partial charge in [-0.05, 0) is 39.8 Å². The van der Waals surface area contributed by atoms with E-state index in [9.17, 15) is 4.79 Å². The summed E-state index contributed by atoms with van der Waals surface area (Å²) < 4.78 is 0. The molecule has 112 valence electrons. The van der Waals surface area contributed by atoms with Crippen LogP contribution in [0.2, 0.25) is 0 Å². The first-order chi connectivity index (χ1) is 9.50. The molecular weight excluding hydrogens is 268 g/mol. The second-order valence-corrected chi connectivity index (χ2v) is 6.43. The SMILES string of the molecule is CC(C)N(CCNC(=O)CSc1ccccc1)C(C)C. The molecule has 0 aliphatic rings. The van der Waals surface area contributed by atoms with Crippen LogP contribution in [0.4, 0.5) is 0 Å². The Hall–Kier alpha value is -1.00. The van der Waals surface area contributed by atoms with Crippen molar-refractivity contribution >= 4 is 17.7 Å². The average molecular weight is 294 g/mol. The Labute approximate surface area is 127 Å². The summed E-state index contributed by atoms with van der Waals surface area (Å²) in [5.74, 6) is 0.583. The molecule has 1 aromatic rings. The van der Waals surface area contributed by atoms with Crippen LogP contribution in [0.5, 0.6) is 0 Å². The molecule has 0 fully saturated rings. The van der Waals surface area contributed by atoms with Crippen molar-refractivity contribution in [1.82, 2.24) is 10.2 Å². The van der Waals surface area contributed by atoms with E-state index in [1.165, 1.54) is 0 Å². The highest BCUT2D eigenvalue weighted by atomic mass is 32.2. The lowest BCUT2D eigenvalue weighted by Crippen LogP contribution is -2.42. The highest BCUT2D eigenvalue weighted by Gasteiger charge is 2.12. The molecule has 0 saturated carbocycles. The van der Waals surface area contributed by atoms with Gasteiger partial charge in [-0.15, -0.1) is 11.8 Å². The maximum Gasteiger partial charge on any atom is 0.230 e. The number of hydrogen-bond acceptors (Lipinski definition) is 3. The predicted molar refractivity (Wildman–Crippen MR) is 87.2 cm³/mol. The molecule has 1 amide bonds. The van der Waals surface area contributed by atoms with Gasteiger partial charge in [-0.1, -0.05) is 18.2 Å². The minimum absolute atomic E-state index is 0.103. The Morgan fingerprint density at radius 3 is 2.30 bits per heavy atom. The van der Waals surface area contributed by atoms with E-state index >= 15 is 0 Å². The fourth-order valence-electron chi connectivity index (χ4n) is 2.15. The van der Waals surface area contributed by atoms with Crippen molar-refractivity contribution in [2.24, 2.45) is 0 Å². The van der Waals surface area contributed by atoms with Gasteiger partial charge >= 0.3 is 0 Å². The number of amides is 1. The van der Waals surface area contributed by atoms with E-state index in [0.29, 0.717) is 24.4 Å². The van der Waals surface area contributed by atoms with Crippen molar-refractivity contribution in [3.8, 4) is 0 Å². The summed E-state index contributed by atoms with van der Waals surface area (Å²) in [5.41, 5.74) is 0. The first-order valence-corrected chi connectivity index (χ1v) is 8.19. The molecule has 0 aliphatic heterocycles. The van der Waals surface area contributed by atoms with Crippen LogP contribution >= 0.6 is 11.8 Å². The molecule has 0 spiro atoms. The van der Waals surface area contributed by atoms with Crippen molar-refractivity contribution in [3.05, 3.63) is 30.3 Å². The Kier molecular flexibility index (Phi) is 7.70. The van der Waals surface area contributed by atoms with E-state index in [2.05, 4.69) is 37.9 Å². The summed E-state index contributed by atoms with van der Waals surface area (Å²) in [6.07, 6.45) is 0. The second kappa shape index (κ2) is 9.03. The van der Waals surface area contributed by atoms with Gasteiger partial charge in [0, 0.05) is 30.1 Å². The van der Waals surface area contributed by atoms with Crippen molar-refractivity contribution in [3.63, 3.8) is 0 Å². The topological polar surface area (TPSA) is 32.3 Å². The highest BCUT2D eigenvalue weighted by molar-refractivity contribution is 8.00. The lowest BCUT2D eigenvalue weighted by molar-refractivity contribution is -0.118. The van der Waals surface area contributed by atoms with Crippen LogP contribution in [-0.4, -0.2) is 41.7 Å². The predicted octanol–water partition coefficient (Wildman–Crippen LogP) is 3.01. The van der Waals surface area contributed by atoms with Gasteiger partial charge in [-0.2, -0.15) is 0 Å². The number of nitrogens with zero attached hydrogens (tertiary/aromatic N) is 1. The summed E-state index contributed by atoms with van der Waals surface area (Å²) in [5, 5.41) is 2.99. The zero-order valence-corrected chi connectivity index (χ0v) is 13.7. The Morgan fingerprint density at radius 1 is 1.15 bits per heavy atom. The maximum atomic E-state index is 11.8. The number of nitrogens with one attached hydrogen (secondary N) is 1. The smallest absolute Gasteiger partial charge is 0.230 e. The molecule has 3 nitrogen and oxygen atoms in total. The number of thioether (sulfide) groups is 1. The first kappa shape index (κ1) is 17.1. The lowest BCUT2D eigenvalue weighted by atomic mass is 10.2. The van der Waals surface area contributed by atoms with Crippen LogP contribution in [0.3, 0.4) is 0 Å². The summed E-state index contributed by atoms with van der Waals surface area (Å²) in [4.78, 5) is 15.3. The minimum Gasteiger partial charge on any atom is -0.354 e. The minimum atomic E-state index is 0.103. The summed E-state index contributed by atoms with van der Waals surface area (Å²) >= 11 is 1.57. The van der Waals surface area contributed by atoms with Crippen molar-refractivity contribution < 1.29 is 4.79 Å². The van der Waals surface area contributed by atoms with E-state index in [0.717, 1.165) is 11.4 Å². The molecule has 1 aromatic carbocycles. The van der Waals surface area contributed by atoms with E-state index in [-0.39, 0.29) is 5.91 Å². The van der Waals surface area contributed by atoms with Crippen LogP contribution in [0, 0.1) is 0 Å². The van der Waals surface area contributed by atoms with Crippen molar-refractivity contribution in [2.45, 2.75) is 44.7 Å². The standard InChI is InChI=1S/C16H26N2OS/c1-13(2)18(14(3)4)11-10-17-16(19)12-20-15-8-6-5-7-9-15/h5-9,13-14H,10-12H2,1-4H3,(H,17,19). The van der Waals surface area contributed by atoms with Gasteiger partial charge in [0.05, 0.1) is 5.75 Å². The third-order valence-electron chi connectivity index (χ3n) is 3.13. The number of benzene rings is 1. The van der Waals surface area contributed by atoms with Crippen molar-refractivity contribution in [1.29, 1.82) is 0 Å². The van der Waals surface area contributed by atoms with Crippen LogP contribution in [-0.2, 0) is 4.79 Å². The second-order valence-electron chi connectivity index (χ2n) is 5.38. The molecule has 20 heavy (non-hydrogen) atoms. The van der Waals surface area contributed by atoms with Gasteiger partial charge in [0.1, 0.15) is 0 Å².